The largest absolute Gasteiger partial charge is 0.369 e. The van der Waals surface area contributed by atoms with Gasteiger partial charge in [0.25, 0.3) is 0 Å². The third kappa shape index (κ3) is 5.30. The van der Waals surface area contributed by atoms with Gasteiger partial charge in [0.1, 0.15) is 12.1 Å². The molecule has 2 atom stereocenters. The van der Waals surface area contributed by atoms with Crippen LogP contribution >= 0.6 is 0 Å². The molecule has 0 saturated heterocycles. The van der Waals surface area contributed by atoms with Crippen molar-refractivity contribution >= 4 is 12.0 Å². The van der Waals surface area contributed by atoms with E-state index in [4.69, 9.17) is 10.5 Å². The van der Waals surface area contributed by atoms with Crippen molar-refractivity contribution in [3.05, 3.63) is 77.8 Å². The molecule has 0 saturated carbocycles. The molecule has 3 N–H and O–H groups in total. The van der Waals surface area contributed by atoms with Gasteiger partial charge in [0.05, 0.1) is 18.8 Å². The quantitative estimate of drug-likeness (QED) is 0.727. The van der Waals surface area contributed by atoms with Crippen molar-refractivity contribution in [3.63, 3.8) is 0 Å². The lowest BCUT2D eigenvalue weighted by Gasteiger charge is -2.17. The van der Waals surface area contributed by atoms with Gasteiger partial charge in [0, 0.05) is 11.3 Å². The van der Waals surface area contributed by atoms with Crippen LogP contribution in [0.15, 0.2) is 60.8 Å². The number of nitrogens with two attached hydrogens (primary N) is 1. The van der Waals surface area contributed by atoms with Crippen molar-refractivity contribution in [2.75, 3.05) is 5.32 Å². The monoisotopic (exact) mass is 328 g/mol. The van der Waals surface area contributed by atoms with E-state index in [0.717, 1.165) is 5.56 Å². The Balaban J connectivity index is 2.08. The SMILES string of the molecule is C[C@@H](OCc1ccccc1)c1cc(F)ccc1N/C=C\C(N)C=O. The number of benzene rings is 2. The summed E-state index contributed by atoms with van der Waals surface area (Å²) >= 11 is 0. The van der Waals surface area contributed by atoms with Crippen LogP contribution < -0.4 is 11.1 Å². The van der Waals surface area contributed by atoms with Crippen LogP contribution in [-0.2, 0) is 16.1 Å². The van der Waals surface area contributed by atoms with E-state index in [9.17, 15) is 9.18 Å². The van der Waals surface area contributed by atoms with E-state index < -0.39 is 6.04 Å². The Morgan fingerprint density at radius 3 is 2.71 bits per heavy atom. The minimum absolute atomic E-state index is 0.309. The normalized spacial score (nSPS) is 13.6. The van der Waals surface area contributed by atoms with Crippen LogP contribution in [0.3, 0.4) is 0 Å². The first-order chi connectivity index (χ1) is 11.6. The van der Waals surface area contributed by atoms with Crippen LogP contribution in [0.5, 0.6) is 0 Å². The van der Waals surface area contributed by atoms with E-state index in [1.165, 1.54) is 18.2 Å². The molecule has 0 heterocycles. The molecule has 126 valence electrons. The summed E-state index contributed by atoms with van der Waals surface area (Å²) in [6.45, 7) is 2.30. The number of rotatable bonds is 8. The maximum Gasteiger partial charge on any atom is 0.140 e. The summed E-state index contributed by atoms with van der Waals surface area (Å²) in [5.41, 5.74) is 7.93. The molecule has 0 aliphatic heterocycles. The molecule has 0 aromatic heterocycles. The summed E-state index contributed by atoms with van der Waals surface area (Å²) in [5, 5.41) is 3.02. The molecule has 0 spiro atoms. The average molecular weight is 328 g/mol. The van der Waals surface area contributed by atoms with Crippen molar-refractivity contribution in [3.8, 4) is 0 Å². The summed E-state index contributed by atoms with van der Waals surface area (Å²) in [7, 11) is 0. The molecule has 2 rings (SSSR count). The summed E-state index contributed by atoms with van der Waals surface area (Å²) in [4.78, 5) is 10.5. The molecule has 2 aromatic rings. The van der Waals surface area contributed by atoms with Crippen LogP contribution in [0.25, 0.3) is 0 Å². The van der Waals surface area contributed by atoms with E-state index in [1.54, 1.807) is 12.3 Å². The number of hydrogen-bond acceptors (Lipinski definition) is 4. The van der Waals surface area contributed by atoms with Gasteiger partial charge in [-0.15, -0.1) is 0 Å². The van der Waals surface area contributed by atoms with E-state index in [-0.39, 0.29) is 11.9 Å². The molecule has 0 radical (unpaired) electrons. The van der Waals surface area contributed by atoms with E-state index >= 15 is 0 Å². The molecule has 0 aliphatic rings. The maximum absolute atomic E-state index is 13.6. The third-order valence-corrected chi connectivity index (χ3v) is 3.51. The van der Waals surface area contributed by atoms with Crippen molar-refractivity contribution in [2.24, 2.45) is 5.73 Å². The standard InChI is InChI=1S/C19H21FN2O2/c1-14(24-13-15-5-3-2-4-6-15)18-11-16(20)7-8-19(18)22-10-9-17(21)12-23/h2-12,14,17,22H,13,21H2,1H3/b10-9-/t14-,17?/m1/s1. The highest BCUT2D eigenvalue weighted by molar-refractivity contribution is 5.61. The molecule has 4 nitrogen and oxygen atoms in total. The highest BCUT2D eigenvalue weighted by Crippen LogP contribution is 2.27. The fraction of sp³-hybridized carbons (Fsp3) is 0.211. The van der Waals surface area contributed by atoms with Gasteiger partial charge in [-0.1, -0.05) is 30.3 Å². The Labute approximate surface area is 141 Å². The Morgan fingerprint density at radius 2 is 2.00 bits per heavy atom. The zero-order valence-electron chi connectivity index (χ0n) is 13.5. The molecule has 0 fully saturated rings. The summed E-state index contributed by atoms with van der Waals surface area (Å²) < 4.78 is 19.5. The second kappa shape index (κ2) is 8.96. The minimum atomic E-state index is -0.673. The summed E-state index contributed by atoms with van der Waals surface area (Å²) in [6, 6.07) is 13.5. The lowest BCUT2D eigenvalue weighted by molar-refractivity contribution is -0.108. The first-order valence-electron chi connectivity index (χ1n) is 7.69. The number of carbonyl (C=O) groups is 1. The number of carbonyl (C=O) groups excluding carboxylic acids is 1. The Kier molecular flexibility index (Phi) is 6.66. The summed E-state index contributed by atoms with van der Waals surface area (Å²) in [5.74, 6) is -0.334. The molecule has 24 heavy (non-hydrogen) atoms. The molecule has 0 aliphatic carbocycles. The fourth-order valence-electron chi connectivity index (χ4n) is 2.18. The topological polar surface area (TPSA) is 64.3 Å². The predicted octanol–water partition coefficient (Wildman–Crippen LogP) is 3.56. The zero-order valence-corrected chi connectivity index (χ0v) is 13.5. The zero-order chi connectivity index (χ0) is 17.4. The van der Waals surface area contributed by atoms with Crippen molar-refractivity contribution < 1.29 is 13.9 Å². The minimum Gasteiger partial charge on any atom is -0.369 e. The number of ether oxygens (including phenoxy) is 1. The maximum atomic E-state index is 13.6. The highest BCUT2D eigenvalue weighted by Gasteiger charge is 2.12. The smallest absolute Gasteiger partial charge is 0.140 e. The lowest BCUT2D eigenvalue weighted by Crippen LogP contribution is -2.18. The summed E-state index contributed by atoms with van der Waals surface area (Å²) in [6.07, 6.45) is 3.42. The molecule has 0 bridgehead atoms. The predicted molar refractivity (Wildman–Crippen MR) is 92.8 cm³/mol. The first-order valence-corrected chi connectivity index (χ1v) is 7.69. The highest BCUT2D eigenvalue weighted by atomic mass is 19.1. The third-order valence-electron chi connectivity index (χ3n) is 3.51. The van der Waals surface area contributed by atoms with Gasteiger partial charge in [-0.25, -0.2) is 4.39 Å². The second-order valence-electron chi connectivity index (χ2n) is 5.39. The number of anilines is 1. The van der Waals surface area contributed by atoms with Crippen molar-refractivity contribution in [1.82, 2.24) is 0 Å². The Bertz CT molecular complexity index is 689. The molecular formula is C19H21FN2O2. The van der Waals surface area contributed by atoms with Crippen LogP contribution in [-0.4, -0.2) is 12.3 Å². The van der Waals surface area contributed by atoms with Crippen molar-refractivity contribution in [1.29, 1.82) is 0 Å². The number of hydrogen-bond donors (Lipinski definition) is 2. The molecule has 5 heteroatoms. The van der Waals surface area contributed by atoms with Crippen LogP contribution in [0.1, 0.15) is 24.2 Å². The average Bonchev–Trinajstić information content (AvgIpc) is 2.61. The van der Waals surface area contributed by atoms with Crippen LogP contribution in [0.2, 0.25) is 0 Å². The van der Waals surface area contributed by atoms with E-state index in [0.29, 0.717) is 24.1 Å². The van der Waals surface area contributed by atoms with Gasteiger partial charge in [-0.2, -0.15) is 0 Å². The Hall–Kier alpha value is -2.50. The van der Waals surface area contributed by atoms with Gasteiger partial charge < -0.3 is 20.6 Å². The van der Waals surface area contributed by atoms with Gasteiger partial charge in [-0.3, -0.25) is 0 Å². The van der Waals surface area contributed by atoms with Gasteiger partial charge >= 0.3 is 0 Å². The van der Waals surface area contributed by atoms with Crippen LogP contribution in [0.4, 0.5) is 10.1 Å². The second-order valence-corrected chi connectivity index (χ2v) is 5.39. The van der Waals surface area contributed by atoms with Crippen LogP contribution in [0, 0.1) is 5.82 Å². The Morgan fingerprint density at radius 1 is 1.25 bits per heavy atom. The lowest BCUT2D eigenvalue weighted by atomic mass is 10.1. The van der Waals surface area contributed by atoms with E-state index in [2.05, 4.69) is 5.32 Å². The van der Waals surface area contributed by atoms with Crippen molar-refractivity contribution in [2.45, 2.75) is 25.7 Å². The molecule has 0 amide bonds. The molecule has 1 unspecified atom stereocenters. The number of nitrogens with one attached hydrogen (secondary N) is 1. The number of halogens is 1. The van der Waals surface area contributed by atoms with Gasteiger partial charge in [0.2, 0.25) is 0 Å². The number of aldehydes is 1. The first kappa shape index (κ1) is 17.8. The fourth-order valence-corrected chi connectivity index (χ4v) is 2.18. The van der Waals surface area contributed by atoms with Gasteiger partial charge in [0.15, 0.2) is 0 Å². The van der Waals surface area contributed by atoms with Gasteiger partial charge in [-0.05, 0) is 43.0 Å². The van der Waals surface area contributed by atoms with E-state index in [1.807, 2.05) is 37.3 Å². The molecule has 2 aromatic carbocycles. The molecular weight excluding hydrogens is 307 g/mol.